The molecule has 1 aromatic heterocycles. The molecule has 1 aromatic rings. The summed E-state index contributed by atoms with van der Waals surface area (Å²) in [4.78, 5) is 3.81. The van der Waals surface area contributed by atoms with Crippen LogP contribution in [0.2, 0.25) is 0 Å². The first-order valence-corrected chi connectivity index (χ1v) is 4.51. The Hall–Kier alpha value is -0.440. The number of nitrogens with zero attached hydrogens (tertiary/aromatic N) is 1. The Balaban J connectivity index is 3.26. The van der Waals surface area contributed by atoms with Gasteiger partial charge < -0.3 is 0 Å². The molecule has 3 heteroatoms. The molecule has 0 unspecified atom stereocenters. The molecule has 0 saturated heterocycles. The van der Waals surface area contributed by atoms with Crippen LogP contribution in [0.3, 0.4) is 0 Å². The van der Waals surface area contributed by atoms with Gasteiger partial charge in [0.25, 0.3) is 0 Å². The normalized spacial score (nSPS) is 11.8. The first-order chi connectivity index (χ1) is 5.43. The smallest absolute Gasteiger partial charge is 0.155 e. The standard InChI is InChI=1S/C9H11BrFN/c1-9(2,3)6-4-12-5-7(11)8(6)10/h4-5H,1-3H3. The number of aromatic nitrogens is 1. The van der Waals surface area contributed by atoms with E-state index in [-0.39, 0.29) is 11.2 Å². The summed E-state index contributed by atoms with van der Waals surface area (Å²) in [5.41, 5.74) is 0.816. The SMILES string of the molecule is CC(C)(C)c1cncc(F)c1Br. The van der Waals surface area contributed by atoms with Gasteiger partial charge in [0.1, 0.15) is 0 Å². The lowest BCUT2D eigenvalue weighted by atomic mass is 9.88. The number of pyridine rings is 1. The molecule has 1 nitrogen and oxygen atoms in total. The van der Waals surface area contributed by atoms with Crippen LogP contribution in [0, 0.1) is 5.82 Å². The molecule has 0 fully saturated rings. The molecule has 1 heterocycles. The average molecular weight is 232 g/mol. The van der Waals surface area contributed by atoms with Gasteiger partial charge in [-0.25, -0.2) is 4.39 Å². The maximum Gasteiger partial charge on any atom is 0.155 e. The van der Waals surface area contributed by atoms with Crippen molar-refractivity contribution in [3.8, 4) is 0 Å². The molecule has 0 saturated carbocycles. The number of hydrogen-bond acceptors (Lipinski definition) is 1. The van der Waals surface area contributed by atoms with E-state index < -0.39 is 0 Å². The molecule has 0 spiro atoms. The molecule has 0 atom stereocenters. The van der Waals surface area contributed by atoms with Gasteiger partial charge in [0.15, 0.2) is 5.82 Å². The van der Waals surface area contributed by atoms with Crippen molar-refractivity contribution in [3.63, 3.8) is 0 Å². The summed E-state index contributed by atoms with van der Waals surface area (Å²) in [5.74, 6) is -0.303. The summed E-state index contributed by atoms with van der Waals surface area (Å²) in [6, 6.07) is 0. The summed E-state index contributed by atoms with van der Waals surface area (Å²) in [6.45, 7) is 6.07. The van der Waals surface area contributed by atoms with Crippen LogP contribution in [0.4, 0.5) is 4.39 Å². The third-order valence-corrected chi connectivity index (χ3v) is 2.45. The molecule has 0 aliphatic heterocycles. The first-order valence-electron chi connectivity index (χ1n) is 3.72. The van der Waals surface area contributed by atoms with Gasteiger partial charge in [-0.1, -0.05) is 20.8 Å². The molecule has 0 bridgehead atoms. The van der Waals surface area contributed by atoms with Gasteiger partial charge in [0, 0.05) is 6.20 Å². The predicted molar refractivity (Wildman–Crippen MR) is 50.6 cm³/mol. The second-order valence-corrected chi connectivity index (χ2v) is 4.53. The number of rotatable bonds is 0. The molecule has 12 heavy (non-hydrogen) atoms. The zero-order chi connectivity index (χ0) is 9.35. The van der Waals surface area contributed by atoms with Crippen molar-refractivity contribution >= 4 is 15.9 Å². The summed E-state index contributed by atoms with van der Waals surface area (Å²) in [5, 5.41) is 0. The lowest BCUT2D eigenvalue weighted by Gasteiger charge is -2.19. The van der Waals surface area contributed by atoms with E-state index in [1.807, 2.05) is 20.8 Å². The fourth-order valence-corrected chi connectivity index (χ4v) is 1.74. The largest absolute Gasteiger partial charge is 0.261 e. The van der Waals surface area contributed by atoms with Crippen molar-refractivity contribution in [2.24, 2.45) is 0 Å². The number of hydrogen-bond donors (Lipinski definition) is 0. The Kier molecular flexibility index (Phi) is 2.52. The monoisotopic (exact) mass is 231 g/mol. The Labute approximate surface area is 80.1 Å². The fourth-order valence-electron chi connectivity index (χ4n) is 0.942. The van der Waals surface area contributed by atoms with E-state index in [1.54, 1.807) is 6.20 Å². The van der Waals surface area contributed by atoms with E-state index >= 15 is 0 Å². The minimum atomic E-state index is -0.303. The Bertz CT molecular complexity index is 291. The highest BCUT2D eigenvalue weighted by atomic mass is 79.9. The van der Waals surface area contributed by atoms with E-state index in [9.17, 15) is 4.39 Å². The van der Waals surface area contributed by atoms with Crippen LogP contribution in [0.1, 0.15) is 26.3 Å². The molecule has 0 radical (unpaired) electrons. The molecule has 0 amide bonds. The summed E-state index contributed by atoms with van der Waals surface area (Å²) in [7, 11) is 0. The number of halogens is 2. The van der Waals surface area contributed by atoms with Crippen LogP contribution in [-0.4, -0.2) is 4.98 Å². The van der Waals surface area contributed by atoms with Crippen LogP contribution >= 0.6 is 15.9 Å². The van der Waals surface area contributed by atoms with E-state index in [1.165, 1.54) is 6.20 Å². The molecule has 0 aliphatic carbocycles. The van der Waals surface area contributed by atoms with E-state index in [0.717, 1.165) is 5.56 Å². The quantitative estimate of drug-likeness (QED) is 0.668. The minimum absolute atomic E-state index is 0.0755. The zero-order valence-corrected chi connectivity index (χ0v) is 8.94. The van der Waals surface area contributed by atoms with Gasteiger partial charge in [-0.2, -0.15) is 0 Å². The lowest BCUT2D eigenvalue weighted by Crippen LogP contribution is -2.13. The molecule has 0 aliphatic rings. The maximum atomic E-state index is 13.0. The van der Waals surface area contributed by atoms with Crippen molar-refractivity contribution in [2.45, 2.75) is 26.2 Å². The highest BCUT2D eigenvalue weighted by molar-refractivity contribution is 9.10. The van der Waals surface area contributed by atoms with Crippen molar-refractivity contribution in [1.29, 1.82) is 0 Å². The zero-order valence-electron chi connectivity index (χ0n) is 7.36. The van der Waals surface area contributed by atoms with Gasteiger partial charge in [-0.15, -0.1) is 0 Å². The lowest BCUT2D eigenvalue weighted by molar-refractivity contribution is 0.558. The fraction of sp³-hybridized carbons (Fsp3) is 0.444. The van der Waals surface area contributed by atoms with Crippen LogP contribution < -0.4 is 0 Å². The van der Waals surface area contributed by atoms with Crippen LogP contribution in [-0.2, 0) is 5.41 Å². The van der Waals surface area contributed by atoms with Gasteiger partial charge in [0.05, 0.1) is 10.7 Å². The second kappa shape index (κ2) is 3.13. The second-order valence-electron chi connectivity index (χ2n) is 3.73. The van der Waals surface area contributed by atoms with E-state index in [4.69, 9.17) is 0 Å². The van der Waals surface area contributed by atoms with E-state index in [2.05, 4.69) is 20.9 Å². The van der Waals surface area contributed by atoms with Crippen molar-refractivity contribution in [2.75, 3.05) is 0 Å². The van der Waals surface area contributed by atoms with Crippen molar-refractivity contribution in [3.05, 3.63) is 28.2 Å². The third-order valence-electron chi connectivity index (χ3n) is 1.65. The topological polar surface area (TPSA) is 12.9 Å². The molecule has 0 N–H and O–H groups in total. The van der Waals surface area contributed by atoms with Gasteiger partial charge in [0.2, 0.25) is 0 Å². The average Bonchev–Trinajstić information content (AvgIpc) is 1.92. The predicted octanol–water partition coefficient (Wildman–Crippen LogP) is 3.28. The van der Waals surface area contributed by atoms with E-state index in [0.29, 0.717) is 4.47 Å². The van der Waals surface area contributed by atoms with Gasteiger partial charge in [-0.3, -0.25) is 4.98 Å². The molecule has 66 valence electrons. The van der Waals surface area contributed by atoms with Gasteiger partial charge in [-0.05, 0) is 26.9 Å². The Morgan fingerprint density at radius 3 is 2.33 bits per heavy atom. The van der Waals surface area contributed by atoms with Crippen LogP contribution in [0.5, 0.6) is 0 Å². The van der Waals surface area contributed by atoms with Crippen LogP contribution in [0.25, 0.3) is 0 Å². The van der Waals surface area contributed by atoms with Crippen LogP contribution in [0.15, 0.2) is 16.9 Å². The molecular weight excluding hydrogens is 221 g/mol. The first kappa shape index (κ1) is 9.65. The van der Waals surface area contributed by atoms with Gasteiger partial charge >= 0.3 is 0 Å². The highest BCUT2D eigenvalue weighted by Crippen LogP contribution is 2.30. The molecule has 0 aromatic carbocycles. The summed E-state index contributed by atoms with van der Waals surface area (Å²) < 4.78 is 13.5. The third kappa shape index (κ3) is 1.83. The molecular formula is C9H11BrFN. The minimum Gasteiger partial charge on any atom is -0.261 e. The Morgan fingerprint density at radius 1 is 1.33 bits per heavy atom. The van der Waals surface area contributed by atoms with Crippen molar-refractivity contribution in [1.82, 2.24) is 4.98 Å². The Morgan fingerprint density at radius 2 is 1.92 bits per heavy atom. The highest BCUT2D eigenvalue weighted by Gasteiger charge is 2.19. The molecule has 1 rings (SSSR count). The van der Waals surface area contributed by atoms with Crippen molar-refractivity contribution < 1.29 is 4.39 Å². The maximum absolute atomic E-state index is 13.0. The summed E-state index contributed by atoms with van der Waals surface area (Å²) >= 11 is 3.20. The summed E-state index contributed by atoms with van der Waals surface area (Å²) in [6.07, 6.45) is 2.90.